The Kier molecular flexibility index (Phi) is 3.76. The molecule has 1 aliphatic rings. The number of nitrogens with zero attached hydrogens (tertiary/aromatic N) is 1. The van der Waals surface area contributed by atoms with Gasteiger partial charge in [0.25, 0.3) is 0 Å². The summed E-state index contributed by atoms with van der Waals surface area (Å²) in [5.41, 5.74) is -2.46. The molecule has 0 radical (unpaired) electrons. The van der Waals surface area contributed by atoms with Crippen molar-refractivity contribution >= 4 is 11.9 Å². The van der Waals surface area contributed by atoms with Gasteiger partial charge < -0.3 is 9.47 Å². The zero-order chi connectivity index (χ0) is 13.1. The summed E-state index contributed by atoms with van der Waals surface area (Å²) in [5, 5.41) is 9.16. The summed E-state index contributed by atoms with van der Waals surface area (Å²) in [6, 6.07) is 2.07. The van der Waals surface area contributed by atoms with Crippen LogP contribution in [-0.2, 0) is 19.1 Å². The Hall–Kier alpha value is -1.57. The van der Waals surface area contributed by atoms with Gasteiger partial charge in [0, 0.05) is 0 Å². The van der Waals surface area contributed by atoms with Crippen molar-refractivity contribution in [1.82, 2.24) is 0 Å². The molecule has 0 heterocycles. The Morgan fingerprint density at radius 3 is 1.88 bits per heavy atom. The second kappa shape index (κ2) is 4.74. The van der Waals surface area contributed by atoms with Crippen LogP contribution in [0.3, 0.4) is 0 Å². The molecule has 0 N–H and O–H groups in total. The first kappa shape index (κ1) is 13.5. The largest absolute Gasteiger partial charge is 0.465 e. The summed E-state index contributed by atoms with van der Waals surface area (Å²) in [4.78, 5) is 23.9. The molecule has 5 nitrogen and oxygen atoms in total. The smallest absolute Gasteiger partial charge is 0.324 e. The first-order chi connectivity index (χ1) is 7.98. The lowest BCUT2D eigenvalue weighted by Gasteiger charge is -2.28. The molecule has 0 aromatic rings. The Morgan fingerprint density at radius 1 is 1.24 bits per heavy atom. The van der Waals surface area contributed by atoms with Crippen molar-refractivity contribution in [1.29, 1.82) is 5.26 Å². The highest BCUT2D eigenvalue weighted by Crippen LogP contribution is 2.59. The molecule has 0 aromatic heterocycles. The molecule has 0 aliphatic heterocycles. The molecule has 1 rings (SSSR count). The monoisotopic (exact) mass is 239 g/mol. The second-order valence-electron chi connectivity index (χ2n) is 4.26. The molecule has 0 saturated heterocycles. The van der Waals surface area contributed by atoms with Crippen molar-refractivity contribution in [3.8, 4) is 6.07 Å². The standard InChI is InChI=1S/C12H17NO4/c1-4-16-9(14)11(3,10(15)17-5-2)12(8-13)6-7-12/h4-7H2,1-3H3. The van der Waals surface area contributed by atoms with E-state index in [1.165, 1.54) is 6.92 Å². The van der Waals surface area contributed by atoms with Gasteiger partial charge in [-0.3, -0.25) is 9.59 Å². The number of hydrogen-bond donors (Lipinski definition) is 0. The van der Waals surface area contributed by atoms with E-state index in [1.807, 2.05) is 0 Å². The third kappa shape index (κ3) is 1.99. The van der Waals surface area contributed by atoms with Crippen LogP contribution in [0.15, 0.2) is 0 Å². The van der Waals surface area contributed by atoms with Crippen molar-refractivity contribution in [2.24, 2.45) is 10.8 Å². The number of ether oxygens (including phenoxy) is 2. The van der Waals surface area contributed by atoms with Crippen LogP contribution in [0.2, 0.25) is 0 Å². The third-order valence-electron chi connectivity index (χ3n) is 3.29. The average molecular weight is 239 g/mol. The molecule has 94 valence electrons. The molecule has 0 spiro atoms. The van der Waals surface area contributed by atoms with E-state index < -0.39 is 22.8 Å². The van der Waals surface area contributed by atoms with Gasteiger partial charge in [0.2, 0.25) is 0 Å². The predicted octanol–water partition coefficient (Wildman–Crippen LogP) is 1.42. The molecule has 0 amide bonds. The van der Waals surface area contributed by atoms with Crippen molar-refractivity contribution < 1.29 is 19.1 Å². The first-order valence-corrected chi connectivity index (χ1v) is 5.74. The zero-order valence-corrected chi connectivity index (χ0v) is 10.4. The molecular formula is C12H17NO4. The van der Waals surface area contributed by atoms with Gasteiger partial charge in [-0.25, -0.2) is 0 Å². The van der Waals surface area contributed by atoms with Gasteiger partial charge in [-0.2, -0.15) is 5.26 Å². The highest BCUT2D eigenvalue weighted by molar-refractivity contribution is 6.01. The summed E-state index contributed by atoms with van der Waals surface area (Å²) in [6.07, 6.45) is 1.05. The van der Waals surface area contributed by atoms with E-state index in [4.69, 9.17) is 14.7 Å². The van der Waals surface area contributed by atoms with Gasteiger partial charge in [-0.15, -0.1) is 0 Å². The molecule has 17 heavy (non-hydrogen) atoms. The summed E-state index contributed by atoms with van der Waals surface area (Å²) >= 11 is 0. The highest BCUT2D eigenvalue weighted by atomic mass is 16.6. The molecule has 1 fully saturated rings. The molecule has 1 aliphatic carbocycles. The molecule has 1 saturated carbocycles. The predicted molar refractivity (Wildman–Crippen MR) is 58.7 cm³/mol. The van der Waals surface area contributed by atoms with Gasteiger partial charge in [0.1, 0.15) is 0 Å². The van der Waals surface area contributed by atoms with E-state index in [9.17, 15) is 9.59 Å². The number of esters is 2. The van der Waals surface area contributed by atoms with E-state index in [1.54, 1.807) is 13.8 Å². The lowest BCUT2D eigenvalue weighted by molar-refractivity contribution is -0.174. The summed E-state index contributed by atoms with van der Waals surface area (Å²) in [7, 11) is 0. The molecule has 0 aromatic carbocycles. The molecule has 0 bridgehead atoms. The number of carbonyl (C=O) groups is 2. The third-order valence-corrected chi connectivity index (χ3v) is 3.29. The fourth-order valence-electron chi connectivity index (χ4n) is 1.87. The van der Waals surface area contributed by atoms with E-state index in [0.29, 0.717) is 12.8 Å². The zero-order valence-electron chi connectivity index (χ0n) is 10.4. The van der Waals surface area contributed by atoms with E-state index in [0.717, 1.165) is 0 Å². The number of rotatable bonds is 5. The minimum Gasteiger partial charge on any atom is -0.465 e. The van der Waals surface area contributed by atoms with Gasteiger partial charge >= 0.3 is 11.9 Å². The Labute approximate surface area is 101 Å². The number of nitriles is 1. The fraction of sp³-hybridized carbons (Fsp3) is 0.750. The van der Waals surface area contributed by atoms with Crippen LogP contribution in [0.25, 0.3) is 0 Å². The van der Waals surface area contributed by atoms with E-state index in [2.05, 4.69) is 6.07 Å². The quantitative estimate of drug-likeness (QED) is 0.535. The fourth-order valence-corrected chi connectivity index (χ4v) is 1.87. The van der Waals surface area contributed by atoms with Crippen molar-refractivity contribution in [2.75, 3.05) is 13.2 Å². The lowest BCUT2D eigenvalue weighted by Crippen LogP contribution is -2.46. The number of carbonyl (C=O) groups excluding carboxylic acids is 2. The van der Waals surface area contributed by atoms with Crippen LogP contribution in [0.5, 0.6) is 0 Å². The topological polar surface area (TPSA) is 76.4 Å². The van der Waals surface area contributed by atoms with Crippen molar-refractivity contribution in [3.05, 3.63) is 0 Å². The summed E-state index contributed by atoms with van der Waals surface area (Å²) in [5.74, 6) is -1.34. The Morgan fingerprint density at radius 2 is 1.65 bits per heavy atom. The van der Waals surface area contributed by atoms with Crippen LogP contribution in [0, 0.1) is 22.2 Å². The normalized spacial score (nSPS) is 16.8. The minimum absolute atomic E-state index is 0.176. The molecule has 5 heteroatoms. The van der Waals surface area contributed by atoms with Gasteiger partial charge in [0.05, 0.1) is 24.7 Å². The van der Waals surface area contributed by atoms with E-state index in [-0.39, 0.29) is 13.2 Å². The molecule has 0 atom stereocenters. The average Bonchev–Trinajstić information content (AvgIpc) is 3.09. The summed E-state index contributed by atoms with van der Waals surface area (Å²) < 4.78 is 9.82. The maximum absolute atomic E-state index is 12.0. The maximum atomic E-state index is 12.0. The van der Waals surface area contributed by atoms with Crippen LogP contribution in [0.1, 0.15) is 33.6 Å². The van der Waals surface area contributed by atoms with Gasteiger partial charge in [-0.05, 0) is 33.6 Å². The highest BCUT2D eigenvalue weighted by Gasteiger charge is 2.67. The van der Waals surface area contributed by atoms with E-state index >= 15 is 0 Å². The Balaban J connectivity index is 3.06. The maximum Gasteiger partial charge on any atom is 0.324 e. The SMILES string of the molecule is CCOC(=O)C(C)(C(=O)OCC)C1(C#N)CC1. The van der Waals surface area contributed by atoms with Crippen LogP contribution < -0.4 is 0 Å². The van der Waals surface area contributed by atoms with Crippen LogP contribution >= 0.6 is 0 Å². The van der Waals surface area contributed by atoms with Gasteiger partial charge in [0.15, 0.2) is 5.41 Å². The summed E-state index contributed by atoms with van der Waals surface area (Å²) in [6.45, 7) is 5.12. The van der Waals surface area contributed by atoms with Crippen molar-refractivity contribution in [2.45, 2.75) is 33.6 Å². The minimum atomic E-state index is -1.51. The van der Waals surface area contributed by atoms with Crippen molar-refractivity contribution in [3.63, 3.8) is 0 Å². The molecule has 0 unspecified atom stereocenters. The lowest BCUT2D eigenvalue weighted by atomic mass is 9.74. The second-order valence-corrected chi connectivity index (χ2v) is 4.26. The van der Waals surface area contributed by atoms with Crippen LogP contribution in [-0.4, -0.2) is 25.2 Å². The molecular weight excluding hydrogens is 222 g/mol. The number of hydrogen-bond acceptors (Lipinski definition) is 5. The Bertz CT molecular complexity index is 347. The van der Waals surface area contributed by atoms with Gasteiger partial charge in [-0.1, -0.05) is 0 Å². The van der Waals surface area contributed by atoms with Crippen LogP contribution in [0.4, 0.5) is 0 Å². The first-order valence-electron chi connectivity index (χ1n) is 5.74.